The van der Waals surface area contributed by atoms with E-state index in [1.54, 1.807) is 0 Å². The van der Waals surface area contributed by atoms with E-state index in [4.69, 9.17) is 4.74 Å². The monoisotopic (exact) mass is 275 g/mol. The number of ether oxygens (including phenoxy) is 1. The number of nitrogens with one attached hydrogen (secondary N) is 1. The van der Waals surface area contributed by atoms with Crippen molar-refractivity contribution in [2.75, 3.05) is 6.61 Å². The molecule has 0 aromatic heterocycles. The van der Waals surface area contributed by atoms with E-state index >= 15 is 0 Å². The zero-order chi connectivity index (χ0) is 14.8. The molecule has 1 aromatic carbocycles. The topological polar surface area (TPSA) is 21.3 Å². The lowest BCUT2D eigenvalue weighted by Gasteiger charge is -2.52. The van der Waals surface area contributed by atoms with Crippen LogP contribution in [0.4, 0.5) is 0 Å². The Morgan fingerprint density at radius 2 is 1.90 bits per heavy atom. The van der Waals surface area contributed by atoms with E-state index in [0.29, 0.717) is 18.2 Å². The zero-order valence-electron chi connectivity index (χ0n) is 13.6. The summed E-state index contributed by atoms with van der Waals surface area (Å²) in [5.74, 6) is 0. The highest BCUT2D eigenvalue weighted by atomic mass is 16.5. The van der Waals surface area contributed by atoms with Gasteiger partial charge in [-0.3, -0.25) is 0 Å². The summed E-state index contributed by atoms with van der Waals surface area (Å²) in [6, 6.07) is 9.92. The molecule has 1 aliphatic carbocycles. The molecule has 0 amide bonds. The van der Waals surface area contributed by atoms with Crippen LogP contribution in [0.25, 0.3) is 0 Å². The van der Waals surface area contributed by atoms with Crippen molar-refractivity contribution in [3.8, 4) is 0 Å². The second-order valence-corrected chi connectivity index (χ2v) is 6.54. The minimum atomic E-state index is 0.230. The van der Waals surface area contributed by atoms with E-state index in [2.05, 4.69) is 64.2 Å². The Labute approximate surface area is 123 Å². The molecule has 0 heterocycles. The van der Waals surface area contributed by atoms with Crippen LogP contribution in [0, 0.1) is 5.41 Å². The van der Waals surface area contributed by atoms with Gasteiger partial charge in [0.2, 0.25) is 0 Å². The third-order valence-corrected chi connectivity index (χ3v) is 4.88. The molecule has 0 radical (unpaired) electrons. The van der Waals surface area contributed by atoms with Gasteiger partial charge in [-0.15, -0.1) is 0 Å². The van der Waals surface area contributed by atoms with Gasteiger partial charge in [0.1, 0.15) is 0 Å². The van der Waals surface area contributed by atoms with Crippen molar-refractivity contribution in [2.45, 2.75) is 65.6 Å². The molecule has 2 nitrogen and oxygen atoms in total. The highest BCUT2D eigenvalue weighted by molar-refractivity contribution is 5.25. The van der Waals surface area contributed by atoms with E-state index in [9.17, 15) is 0 Å². The molecule has 0 spiro atoms. The average molecular weight is 275 g/mol. The van der Waals surface area contributed by atoms with Crippen LogP contribution in [0.1, 0.15) is 58.2 Å². The maximum absolute atomic E-state index is 5.80. The Hall–Kier alpha value is -0.860. The summed E-state index contributed by atoms with van der Waals surface area (Å²) in [6.45, 7) is 12.0. The van der Waals surface area contributed by atoms with Crippen LogP contribution >= 0.6 is 0 Å². The molecule has 20 heavy (non-hydrogen) atoms. The van der Waals surface area contributed by atoms with Crippen molar-refractivity contribution in [3.05, 3.63) is 35.4 Å². The first-order valence-electron chi connectivity index (χ1n) is 7.95. The third kappa shape index (κ3) is 3.07. The van der Waals surface area contributed by atoms with Crippen molar-refractivity contribution < 1.29 is 4.74 Å². The number of hydrogen-bond acceptors (Lipinski definition) is 2. The van der Waals surface area contributed by atoms with Gasteiger partial charge in [-0.2, -0.15) is 0 Å². The van der Waals surface area contributed by atoms with Gasteiger partial charge in [-0.1, -0.05) is 45.0 Å². The molecule has 0 bridgehead atoms. The van der Waals surface area contributed by atoms with Gasteiger partial charge in [-0.25, -0.2) is 0 Å². The molecule has 1 saturated carbocycles. The van der Waals surface area contributed by atoms with Gasteiger partial charge in [-0.05, 0) is 37.8 Å². The molecule has 3 atom stereocenters. The standard InChI is InChI=1S/C18H29NO/c1-6-14-8-10-15(11-9-14)13(3)19-16-12-17(20-7-2)18(16,4)5/h8-11,13,16-17,19H,6-7,12H2,1-5H3. The number of aryl methyl sites for hydroxylation is 1. The van der Waals surface area contributed by atoms with Crippen LogP contribution in [0.15, 0.2) is 24.3 Å². The molecule has 1 fully saturated rings. The first-order chi connectivity index (χ1) is 9.48. The van der Waals surface area contributed by atoms with Crippen LogP contribution in [0.5, 0.6) is 0 Å². The molecule has 0 aliphatic heterocycles. The lowest BCUT2D eigenvalue weighted by molar-refractivity contribution is -0.116. The summed E-state index contributed by atoms with van der Waals surface area (Å²) in [7, 11) is 0. The summed E-state index contributed by atoms with van der Waals surface area (Å²) in [5, 5.41) is 3.77. The van der Waals surface area contributed by atoms with Gasteiger partial charge in [0.15, 0.2) is 0 Å². The number of benzene rings is 1. The van der Waals surface area contributed by atoms with Crippen molar-refractivity contribution in [3.63, 3.8) is 0 Å². The minimum absolute atomic E-state index is 0.230. The summed E-state index contributed by atoms with van der Waals surface area (Å²) in [5.41, 5.74) is 3.01. The molecule has 1 aromatic rings. The fourth-order valence-corrected chi connectivity index (χ4v) is 3.09. The first-order valence-corrected chi connectivity index (χ1v) is 7.95. The van der Waals surface area contributed by atoms with E-state index in [1.165, 1.54) is 11.1 Å². The first kappa shape index (κ1) is 15.5. The summed E-state index contributed by atoms with van der Waals surface area (Å²) >= 11 is 0. The van der Waals surface area contributed by atoms with Gasteiger partial charge >= 0.3 is 0 Å². The molecule has 1 N–H and O–H groups in total. The van der Waals surface area contributed by atoms with Crippen LogP contribution in [-0.2, 0) is 11.2 Å². The maximum atomic E-state index is 5.80. The predicted molar refractivity (Wildman–Crippen MR) is 85.0 cm³/mol. The predicted octanol–water partition coefficient (Wildman–Crippen LogP) is 4.10. The van der Waals surface area contributed by atoms with Crippen molar-refractivity contribution >= 4 is 0 Å². The zero-order valence-corrected chi connectivity index (χ0v) is 13.6. The van der Waals surface area contributed by atoms with Crippen LogP contribution in [0.3, 0.4) is 0 Å². The van der Waals surface area contributed by atoms with Crippen LogP contribution < -0.4 is 5.32 Å². The second-order valence-electron chi connectivity index (χ2n) is 6.54. The summed E-state index contributed by atoms with van der Waals surface area (Å²) < 4.78 is 5.80. The lowest BCUT2D eigenvalue weighted by Crippen LogP contribution is -2.61. The van der Waals surface area contributed by atoms with E-state index in [1.807, 2.05) is 0 Å². The summed E-state index contributed by atoms with van der Waals surface area (Å²) in [6.07, 6.45) is 2.63. The van der Waals surface area contributed by atoms with Gasteiger partial charge in [0, 0.05) is 24.1 Å². The normalized spacial score (nSPS) is 26.1. The second kappa shape index (κ2) is 6.28. The van der Waals surface area contributed by atoms with E-state index in [-0.39, 0.29) is 5.41 Å². The van der Waals surface area contributed by atoms with Crippen molar-refractivity contribution in [1.29, 1.82) is 0 Å². The maximum Gasteiger partial charge on any atom is 0.0655 e. The van der Waals surface area contributed by atoms with Crippen LogP contribution in [-0.4, -0.2) is 18.8 Å². The Morgan fingerprint density at radius 3 is 2.40 bits per heavy atom. The smallest absolute Gasteiger partial charge is 0.0655 e. The number of rotatable bonds is 6. The fraction of sp³-hybridized carbons (Fsp3) is 0.667. The molecule has 0 saturated heterocycles. The molecular weight excluding hydrogens is 246 g/mol. The van der Waals surface area contributed by atoms with Crippen molar-refractivity contribution in [2.24, 2.45) is 5.41 Å². The third-order valence-electron chi connectivity index (χ3n) is 4.88. The van der Waals surface area contributed by atoms with Crippen molar-refractivity contribution in [1.82, 2.24) is 5.32 Å². The van der Waals surface area contributed by atoms with Gasteiger partial charge < -0.3 is 10.1 Å². The SMILES string of the molecule is CCOC1CC(NC(C)c2ccc(CC)cc2)C1(C)C. The highest BCUT2D eigenvalue weighted by Crippen LogP contribution is 2.43. The molecule has 2 heteroatoms. The van der Waals surface area contributed by atoms with E-state index in [0.717, 1.165) is 19.4 Å². The number of hydrogen-bond donors (Lipinski definition) is 1. The quantitative estimate of drug-likeness (QED) is 0.844. The molecule has 1 aliphatic rings. The van der Waals surface area contributed by atoms with Crippen LogP contribution in [0.2, 0.25) is 0 Å². The molecule has 2 rings (SSSR count). The summed E-state index contributed by atoms with van der Waals surface area (Å²) in [4.78, 5) is 0. The van der Waals surface area contributed by atoms with E-state index < -0.39 is 0 Å². The Morgan fingerprint density at radius 1 is 1.25 bits per heavy atom. The Kier molecular flexibility index (Phi) is 4.87. The molecule has 112 valence electrons. The lowest BCUT2D eigenvalue weighted by atomic mass is 9.64. The Balaban J connectivity index is 1.93. The average Bonchev–Trinajstić information content (AvgIpc) is 2.46. The Bertz CT molecular complexity index is 424. The minimum Gasteiger partial charge on any atom is -0.378 e. The van der Waals surface area contributed by atoms with Gasteiger partial charge in [0.25, 0.3) is 0 Å². The molecule has 3 unspecified atom stereocenters. The fourth-order valence-electron chi connectivity index (χ4n) is 3.09. The van der Waals surface area contributed by atoms with Gasteiger partial charge in [0.05, 0.1) is 6.10 Å². The molecular formula is C18H29NO. The highest BCUT2D eigenvalue weighted by Gasteiger charge is 2.48. The largest absolute Gasteiger partial charge is 0.378 e.